The minimum absolute atomic E-state index is 0.161. The molecule has 27 heavy (non-hydrogen) atoms. The minimum Gasteiger partial charge on any atom is -0.443 e. The minimum atomic E-state index is -0.685. The molecular formula is C23H25NO3. The molecule has 0 fully saturated rings. The zero-order valence-corrected chi connectivity index (χ0v) is 16.0. The summed E-state index contributed by atoms with van der Waals surface area (Å²) in [7, 11) is 0. The normalized spacial score (nSPS) is 19.4. The average Bonchev–Trinajstić information content (AvgIpc) is 2.61. The summed E-state index contributed by atoms with van der Waals surface area (Å²) >= 11 is 0. The van der Waals surface area contributed by atoms with Crippen molar-refractivity contribution in [3.63, 3.8) is 0 Å². The van der Waals surface area contributed by atoms with Crippen molar-refractivity contribution in [2.24, 2.45) is 0 Å². The van der Waals surface area contributed by atoms with Crippen molar-refractivity contribution in [3.05, 3.63) is 83.9 Å². The molecule has 0 bridgehead atoms. The van der Waals surface area contributed by atoms with Crippen LogP contribution in [0, 0.1) is 0 Å². The molecule has 2 amide bonds. The number of hydrogen-bond donors (Lipinski definition) is 0. The van der Waals surface area contributed by atoms with E-state index in [0.717, 1.165) is 11.1 Å². The third kappa shape index (κ3) is 3.95. The van der Waals surface area contributed by atoms with Gasteiger partial charge < -0.3 is 4.74 Å². The van der Waals surface area contributed by atoms with Gasteiger partial charge in [-0.25, -0.2) is 9.69 Å². The summed E-state index contributed by atoms with van der Waals surface area (Å²) in [5.41, 5.74) is 1.79. The zero-order chi connectivity index (χ0) is 19.6. The molecule has 1 heterocycles. The molecular weight excluding hydrogens is 338 g/mol. The van der Waals surface area contributed by atoms with Crippen LogP contribution in [0.5, 0.6) is 0 Å². The monoisotopic (exact) mass is 363 g/mol. The number of benzene rings is 2. The van der Waals surface area contributed by atoms with Crippen molar-refractivity contribution in [2.75, 3.05) is 0 Å². The Hall–Kier alpha value is -2.88. The Labute approximate surface area is 160 Å². The Morgan fingerprint density at radius 1 is 1.11 bits per heavy atom. The van der Waals surface area contributed by atoms with E-state index in [1.54, 1.807) is 26.8 Å². The lowest BCUT2D eigenvalue weighted by Crippen LogP contribution is -2.53. The highest BCUT2D eigenvalue weighted by Gasteiger charge is 2.43. The molecule has 0 saturated heterocycles. The second-order valence-corrected chi connectivity index (χ2v) is 7.76. The lowest BCUT2D eigenvalue weighted by Gasteiger charge is -2.40. The van der Waals surface area contributed by atoms with Gasteiger partial charge in [-0.15, -0.1) is 6.58 Å². The molecule has 4 nitrogen and oxygen atoms in total. The first kappa shape index (κ1) is 18.9. The third-order valence-corrected chi connectivity index (χ3v) is 4.65. The molecule has 0 N–H and O–H groups in total. The van der Waals surface area contributed by atoms with E-state index < -0.39 is 11.7 Å². The van der Waals surface area contributed by atoms with Crippen LogP contribution < -0.4 is 0 Å². The molecule has 2 aromatic rings. The number of fused-ring (bicyclic) bond motifs is 1. The predicted molar refractivity (Wildman–Crippen MR) is 106 cm³/mol. The highest BCUT2D eigenvalue weighted by Crippen LogP contribution is 2.36. The molecule has 0 radical (unpaired) electrons. The van der Waals surface area contributed by atoms with Gasteiger partial charge in [-0.05, 0) is 44.4 Å². The molecule has 0 saturated carbocycles. The lowest BCUT2D eigenvalue weighted by atomic mass is 9.80. The number of rotatable bonds is 3. The SMILES string of the molecule is C=C[C@H]1c2ccccc2C(=O)N(C(=O)OC(C)(C)C)[C@H]1Cc1ccccc1. The van der Waals surface area contributed by atoms with Crippen LogP contribution in [0.15, 0.2) is 67.3 Å². The standard InChI is InChI=1S/C23H25NO3/c1-5-17-18-13-9-10-14-19(18)21(25)24(22(26)27-23(2,3)4)20(17)15-16-11-7-6-8-12-16/h5-14,17,20H,1,15H2,2-4H3/t17-,20-/m0/s1. The fraction of sp³-hybridized carbons (Fsp3) is 0.304. The van der Waals surface area contributed by atoms with Gasteiger partial charge in [0.05, 0.1) is 6.04 Å². The highest BCUT2D eigenvalue weighted by molar-refractivity contribution is 6.05. The molecule has 2 aromatic carbocycles. The number of amides is 2. The molecule has 1 aliphatic heterocycles. The summed E-state index contributed by atoms with van der Waals surface area (Å²) < 4.78 is 5.56. The summed E-state index contributed by atoms with van der Waals surface area (Å²) in [5, 5.41) is 0. The van der Waals surface area contributed by atoms with Crippen LogP contribution in [0.25, 0.3) is 0 Å². The van der Waals surface area contributed by atoms with Gasteiger partial charge in [0.1, 0.15) is 5.60 Å². The number of nitrogens with zero attached hydrogens (tertiary/aromatic N) is 1. The summed E-state index contributed by atoms with van der Waals surface area (Å²) in [6.07, 6.45) is 1.74. The highest BCUT2D eigenvalue weighted by atomic mass is 16.6. The molecule has 0 spiro atoms. The van der Waals surface area contributed by atoms with E-state index in [1.807, 2.05) is 54.6 Å². The molecule has 4 heteroatoms. The van der Waals surface area contributed by atoms with E-state index in [-0.39, 0.29) is 17.9 Å². The van der Waals surface area contributed by atoms with Crippen LogP contribution in [0.1, 0.15) is 48.2 Å². The summed E-state index contributed by atoms with van der Waals surface area (Å²) in [6, 6.07) is 16.9. The summed E-state index contributed by atoms with van der Waals surface area (Å²) in [4.78, 5) is 27.4. The summed E-state index contributed by atoms with van der Waals surface area (Å²) in [5.74, 6) is -0.481. The van der Waals surface area contributed by atoms with Gasteiger partial charge in [-0.2, -0.15) is 0 Å². The van der Waals surface area contributed by atoms with Crippen molar-refractivity contribution in [1.29, 1.82) is 0 Å². The Balaban J connectivity index is 2.07. The van der Waals surface area contributed by atoms with Gasteiger partial charge in [0, 0.05) is 11.5 Å². The van der Waals surface area contributed by atoms with Crippen molar-refractivity contribution in [3.8, 4) is 0 Å². The number of ether oxygens (including phenoxy) is 1. The molecule has 0 unspecified atom stereocenters. The molecule has 3 rings (SSSR count). The Morgan fingerprint density at radius 2 is 1.74 bits per heavy atom. The maximum absolute atomic E-state index is 13.2. The first-order chi connectivity index (χ1) is 12.8. The van der Waals surface area contributed by atoms with E-state index in [4.69, 9.17) is 4.74 Å². The largest absolute Gasteiger partial charge is 0.443 e. The fourth-order valence-corrected chi connectivity index (χ4v) is 3.52. The second kappa shape index (κ2) is 7.39. The van der Waals surface area contributed by atoms with Gasteiger partial charge >= 0.3 is 6.09 Å². The van der Waals surface area contributed by atoms with Crippen LogP contribution >= 0.6 is 0 Å². The first-order valence-corrected chi connectivity index (χ1v) is 9.14. The third-order valence-electron chi connectivity index (χ3n) is 4.65. The number of carbonyl (C=O) groups is 2. The van der Waals surface area contributed by atoms with Crippen LogP contribution in [0.3, 0.4) is 0 Å². The van der Waals surface area contributed by atoms with Crippen molar-refractivity contribution in [2.45, 2.75) is 44.8 Å². The smallest absolute Gasteiger partial charge is 0.417 e. The first-order valence-electron chi connectivity index (χ1n) is 9.14. The van der Waals surface area contributed by atoms with E-state index in [2.05, 4.69) is 6.58 Å². The van der Waals surface area contributed by atoms with Gasteiger partial charge in [0.15, 0.2) is 0 Å². The van der Waals surface area contributed by atoms with Crippen molar-refractivity contribution >= 4 is 12.0 Å². The maximum atomic E-state index is 13.2. The van der Waals surface area contributed by atoms with Crippen LogP contribution in [0.4, 0.5) is 4.79 Å². The number of hydrogen-bond acceptors (Lipinski definition) is 3. The number of carbonyl (C=O) groups excluding carboxylic acids is 2. The second-order valence-electron chi connectivity index (χ2n) is 7.76. The van der Waals surface area contributed by atoms with Gasteiger partial charge in [0.25, 0.3) is 5.91 Å². The van der Waals surface area contributed by atoms with E-state index >= 15 is 0 Å². The van der Waals surface area contributed by atoms with Crippen LogP contribution in [-0.2, 0) is 11.2 Å². The van der Waals surface area contributed by atoms with Gasteiger partial charge in [0.2, 0.25) is 0 Å². The quantitative estimate of drug-likeness (QED) is 0.724. The van der Waals surface area contributed by atoms with Crippen LogP contribution in [0.2, 0.25) is 0 Å². The molecule has 0 aliphatic carbocycles. The topological polar surface area (TPSA) is 46.6 Å². The van der Waals surface area contributed by atoms with Crippen LogP contribution in [-0.4, -0.2) is 28.5 Å². The van der Waals surface area contributed by atoms with Crippen molar-refractivity contribution in [1.82, 2.24) is 4.90 Å². The molecule has 2 atom stereocenters. The summed E-state index contributed by atoms with van der Waals surface area (Å²) in [6.45, 7) is 9.37. The number of imide groups is 1. The van der Waals surface area contributed by atoms with E-state index in [0.29, 0.717) is 12.0 Å². The van der Waals surface area contributed by atoms with Gasteiger partial charge in [-0.1, -0.05) is 54.6 Å². The molecule has 140 valence electrons. The maximum Gasteiger partial charge on any atom is 0.417 e. The fourth-order valence-electron chi connectivity index (χ4n) is 3.52. The Kier molecular flexibility index (Phi) is 5.17. The Morgan fingerprint density at radius 3 is 2.37 bits per heavy atom. The van der Waals surface area contributed by atoms with Crippen molar-refractivity contribution < 1.29 is 14.3 Å². The van der Waals surface area contributed by atoms with E-state index in [9.17, 15) is 9.59 Å². The Bertz CT molecular complexity index is 851. The lowest BCUT2D eigenvalue weighted by molar-refractivity contribution is 0.0136. The van der Waals surface area contributed by atoms with E-state index in [1.165, 1.54) is 4.90 Å². The predicted octanol–water partition coefficient (Wildman–Crippen LogP) is 4.96. The zero-order valence-electron chi connectivity index (χ0n) is 16.0. The van der Waals surface area contributed by atoms with Gasteiger partial charge in [-0.3, -0.25) is 4.79 Å². The molecule has 1 aliphatic rings. The average molecular weight is 363 g/mol. The molecule has 0 aromatic heterocycles.